The Morgan fingerprint density at radius 1 is 1.25 bits per heavy atom. The SMILES string of the molecule is CC1N2CC3CC(CC1(c1cccc[n+]1C)C3)C2(C)C. The summed E-state index contributed by atoms with van der Waals surface area (Å²) in [6.07, 6.45) is 6.46. The van der Waals surface area contributed by atoms with Crippen LogP contribution in [-0.2, 0) is 12.5 Å². The first kappa shape index (κ1) is 12.8. The second-order valence-electron chi connectivity index (χ2n) is 8.04. The van der Waals surface area contributed by atoms with E-state index in [4.69, 9.17) is 0 Å². The van der Waals surface area contributed by atoms with Crippen LogP contribution in [0.15, 0.2) is 24.4 Å². The Labute approximate surface area is 122 Å². The molecule has 2 heteroatoms. The maximum absolute atomic E-state index is 2.83. The molecule has 0 amide bonds. The van der Waals surface area contributed by atoms with E-state index in [2.05, 4.69) is 61.7 Å². The third-order valence-electron chi connectivity index (χ3n) is 6.91. The standard InChI is InChI=1S/C18H27N2/c1-13-18(16-7-5-6-8-19(16)4)10-14-9-15(11-18)17(2,3)20(13)12-14/h5-8,13-15H,9-12H2,1-4H3/q+1. The second-order valence-corrected chi connectivity index (χ2v) is 8.04. The van der Waals surface area contributed by atoms with Gasteiger partial charge < -0.3 is 0 Å². The van der Waals surface area contributed by atoms with Crippen molar-refractivity contribution >= 4 is 0 Å². The van der Waals surface area contributed by atoms with Crippen molar-refractivity contribution in [1.82, 2.24) is 4.90 Å². The highest BCUT2D eigenvalue weighted by atomic mass is 15.3. The third kappa shape index (κ3) is 1.41. The van der Waals surface area contributed by atoms with Gasteiger partial charge in [0.15, 0.2) is 11.9 Å². The smallest absolute Gasteiger partial charge is 0.188 e. The number of hydrogen-bond donors (Lipinski definition) is 0. The van der Waals surface area contributed by atoms with Gasteiger partial charge in [0.25, 0.3) is 0 Å². The van der Waals surface area contributed by atoms with E-state index in [1.807, 2.05) is 0 Å². The molecule has 0 spiro atoms. The molecular formula is C18H27N2+. The normalized spacial score (nSPS) is 44.8. The van der Waals surface area contributed by atoms with E-state index in [-0.39, 0.29) is 0 Å². The highest BCUT2D eigenvalue weighted by Gasteiger charge is 2.63. The van der Waals surface area contributed by atoms with Crippen molar-refractivity contribution in [2.75, 3.05) is 6.54 Å². The van der Waals surface area contributed by atoms with E-state index in [1.54, 1.807) is 5.69 Å². The van der Waals surface area contributed by atoms with Crippen molar-refractivity contribution in [3.63, 3.8) is 0 Å². The molecule has 1 aromatic rings. The number of pyridine rings is 1. The average Bonchev–Trinajstić information content (AvgIpc) is 2.41. The zero-order valence-electron chi connectivity index (χ0n) is 13.3. The van der Waals surface area contributed by atoms with Crippen molar-refractivity contribution < 1.29 is 4.57 Å². The Bertz CT molecular complexity index is 550. The summed E-state index contributed by atoms with van der Waals surface area (Å²) in [4.78, 5) is 2.83. The Hall–Kier alpha value is -0.890. The first-order valence-corrected chi connectivity index (χ1v) is 8.17. The largest absolute Gasteiger partial charge is 0.294 e. The number of hydrogen-bond acceptors (Lipinski definition) is 1. The average molecular weight is 271 g/mol. The van der Waals surface area contributed by atoms with E-state index in [0.29, 0.717) is 17.0 Å². The highest BCUT2D eigenvalue weighted by Crippen LogP contribution is 2.59. The summed E-state index contributed by atoms with van der Waals surface area (Å²) in [5.74, 6) is 1.78. The van der Waals surface area contributed by atoms with Crippen LogP contribution in [0.1, 0.15) is 45.7 Å². The molecule has 1 aliphatic carbocycles. The van der Waals surface area contributed by atoms with Crippen molar-refractivity contribution in [1.29, 1.82) is 0 Å². The fourth-order valence-corrected chi connectivity index (χ4v) is 5.79. The molecule has 2 nitrogen and oxygen atoms in total. The summed E-state index contributed by atoms with van der Waals surface area (Å²) in [6.45, 7) is 8.75. The van der Waals surface area contributed by atoms with E-state index < -0.39 is 0 Å². The third-order valence-corrected chi connectivity index (χ3v) is 6.91. The molecule has 0 radical (unpaired) electrons. The molecule has 0 N–H and O–H groups in total. The van der Waals surface area contributed by atoms with Crippen LogP contribution >= 0.6 is 0 Å². The van der Waals surface area contributed by atoms with Gasteiger partial charge in [-0.2, -0.15) is 0 Å². The van der Waals surface area contributed by atoms with Crippen molar-refractivity contribution in [3.8, 4) is 0 Å². The van der Waals surface area contributed by atoms with Gasteiger partial charge >= 0.3 is 0 Å². The molecule has 4 fully saturated rings. The van der Waals surface area contributed by atoms with Gasteiger partial charge in [-0.05, 0) is 51.9 Å². The number of nitrogens with zero attached hydrogens (tertiary/aromatic N) is 2. The summed E-state index contributed by atoms with van der Waals surface area (Å²) in [6, 6.07) is 7.41. The second kappa shape index (κ2) is 3.85. The van der Waals surface area contributed by atoms with Crippen LogP contribution in [0, 0.1) is 11.8 Å². The molecule has 4 bridgehead atoms. The minimum atomic E-state index is 0.386. The molecule has 1 aromatic heterocycles. The lowest BCUT2D eigenvalue weighted by atomic mass is 9.50. The molecule has 5 unspecified atom stereocenters. The van der Waals surface area contributed by atoms with Crippen LogP contribution in [0.2, 0.25) is 0 Å². The summed E-state index contributed by atoms with van der Waals surface area (Å²) in [7, 11) is 2.22. The quantitative estimate of drug-likeness (QED) is 0.712. The van der Waals surface area contributed by atoms with Crippen LogP contribution in [0.3, 0.4) is 0 Å². The summed E-state index contributed by atoms with van der Waals surface area (Å²) < 4.78 is 2.37. The van der Waals surface area contributed by atoms with Gasteiger partial charge in [0.2, 0.25) is 0 Å². The molecule has 0 aromatic carbocycles. The minimum Gasteiger partial charge on any atom is -0.294 e. The predicted octanol–water partition coefficient (Wildman–Crippen LogP) is 2.66. The van der Waals surface area contributed by atoms with Crippen molar-refractivity contribution in [3.05, 3.63) is 30.1 Å². The minimum absolute atomic E-state index is 0.386. The lowest BCUT2D eigenvalue weighted by Crippen LogP contribution is -2.74. The van der Waals surface area contributed by atoms with Crippen LogP contribution in [0.4, 0.5) is 0 Å². The topological polar surface area (TPSA) is 7.12 Å². The summed E-state index contributed by atoms with van der Waals surface area (Å²) >= 11 is 0. The number of piperidine rings is 3. The molecule has 4 heterocycles. The van der Waals surface area contributed by atoms with Crippen molar-refractivity contribution in [2.45, 2.75) is 57.0 Å². The molecule has 5 atom stereocenters. The van der Waals surface area contributed by atoms with E-state index in [1.165, 1.54) is 25.8 Å². The number of aromatic nitrogens is 1. The molecule has 108 valence electrons. The fourth-order valence-electron chi connectivity index (χ4n) is 5.79. The van der Waals surface area contributed by atoms with Crippen molar-refractivity contribution in [2.24, 2.45) is 18.9 Å². The Kier molecular flexibility index (Phi) is 2.47. The van der Waals surface area contributed by atoms with E-state index in [0.717, 1.165) is 11.8 Å². The summed E-state index contributed by atoms with van der Waals surface area (Å²) in [5.41, 5.74) is 2.34. The molecular weight excluding hydrogens is 244 g/mol. The van der Waals surface area contributed by atoms with Crippen LogP contribution in [0.25, 0.3) is 0 Å². The van der Waals surface area contributed by atoms with Gasteiger partial charge in [-0.1, -0.05) is 6.07 Å². The lowest BCUT2D eigenvalue weighted by Gasteiger charge is -2.67. The predicted molar refractivity (Wildman–Crippen MR) is 80.4 cm³/mol. The number of rotatable bonds is 1. The van der Waals surface area contributed by atoms with Gasteiger partial charge in [-0.15, -0.1) is 0 Å². The van der Waals surface area contributed by atoms with Crippen LogP contribution in [0.5, 0.6) is 0 Å². The summed E-state index contributed by atoms with van der Waals surface area (Å²) in [5, 5.41) is 0. The molecule has 3 saturated heterocycles. The Morgan fingerprint density at radius 3 is 2.80 bits per heavy atom. The van der Waals surface area contributed by atoms with Gasteiger partial charge in [-0.3, -0.25) is 4.90 Å². The van der Waals surface area contributed by atoms with Gasteiger partial charge in [0, 0.05) is 30.3 Å². The first-order chi connectivity index (χ1) is 9.45. The highest BCUT2D eigenvalue weighted by molar-refractivity contribution is 5.26. The molecule has 4 aliphatic rings. The number of aryl methyl sites for hydroxylation is 1. The zero-order chi connectivity index (χ0) is 14.1. The Morgan fingerprint density at radius 2 is 2.05 bits per heavy atom. The fraction of sp³-hybridized carbons (Fsp3) is 0.722. The van der Waals surface area contributed by atoms with Crippen LogP contribution < -0.4 is 4.57 Å². The molecule has 1 saturated carbocycles. The van der Waals surface area contributed by atoms with Crippen LogP contribution in [-0.4, -0.2) is 23.0 Å². The maximum atomic E-state index is 2.83. The van der Waals surface area contributed by atoms with Gasteiger partial charge in [-0.25, -0.2) is 4.57 Å². The first-order valence-electron chi connectivity index (χ1n) is 8.17. The maximum Gasteiger partial charge on any atom is 0.188 e. The monoisotopic (exact) mass is 271 g/mol. The molecule has 20 heavy (non-hydrogen) atoms. The van der Waals surface area contributed by atoms with Gasteiger partial charge in [0.1, 0.15) is 7.05 Å². The molecule has 5 rings (SSSR count). The van der Waals surface area contributed by atoms with E-state index in [9.17, 15) is 0 Å². The lowest BCUT2D eigenvalue weighted by molar-refractivity contribution is -0.684. The molecule has 3 aliphatic heterocycles. The Balaban J connectivity index is 1.86. The van der Waals surface area contributed by atoms with Gasteiger partial charge in [0.05, 0.1) is 5.41 Å². The van der Waals surface area contributed by atoms with E-state index >= 15 is 0 Å². The zero-order valence-corrected chi connectivity index (χ0v) is 13.3.